The van der Waals surface area contributed by atoms with Gasteiger partial charge in [0.15, 0.2) is 0 Å². The van der Waals surface area contributed by atoms with Gasteiger partial charge in [-0.15, -0.1) is 0 Å². The molecule has 17 heavy (non-hydrogen) atoms. The van der Waals surface area contributed by atoms with E-state index in [-0.39, 0.29) is 0 Å². The quantitative estimate of drug-likeness (QED) is 0.456. The van der Waals surface area contributed by atoms with Gasteiger partial charge in [0.1, 0.15) is 0 Å². The fraction of sp³-hybridized carbons (Fsp3) is 0.438. The number of hydrogen-bond donors (Lipinski definition) is 0. The zero-order valence-electron chi connectivity index (χ0n) is 11.3. The van der Waals surface area contributed by atoms with Crippen molar-refractivity contribution in [1.82, 2.24) is 0 Å². The van der Waals surface area contributed by atoms with E-state index in [1.54, 1.807) is 0 Å². The Hall–Kier alpha value is -1.37. The average molecular weight is 229 g/mol. The van der Waals surface area contributed by atoms with E-state index in [0.29, 0.717) is 0 Å². The van der Waals surface area contributed by atoms with Crippen LogP contribution in [0.2, 0.25) is 0 Å². The maximum Gasteiger partial charge on any atom is 0.0699 e. The number of allylic oxidation sites excluding steroid dienone is 4. The molecule has 0 radical (unpaired) electrons. The van der Waals surface area contributed by atoms with E-state index >= 15 is 0 Å². The summed E-state index contributed by atoms with van der Waals surface area (Å²) in [6.07, 6.45) is 9.68. The third-order valence-corrected chi connectivity index (χ3v) is 2.88. The van der Waals surface area contributed by atoms with Crippen LogP contribution in [0.25, 0.3) is 0 Å². The maximum absolute atomic E-state index is 4.43. The fourth-order valence-electron chi connectivity index (χ4n) is 1.92. The van der Waals surface area contributed by atoms with E-state index in [4.69, 9.17) is 0 Å². The lowest BCUT2D eigenvalue weighted by molar-refractivity contribution is 0.814. The fourth-order valence-corrected chi connectivity index (χ4v) is 1.92. The molecule has 0 saturated heterocycles. The van der Waals surface area contributed by atoms with Gasteiger partial charge >= 0.3 is 0 Å². The van der Waals surface area contributed by atoms with Crippen molar-refractivity contribution in [3.8, 4) is 0 Å². The Morgan fingerprint density at radius 3 is 2.41 bits per heavy atom. The van der Waals surface area contributed by atoms with Gasteiger partial charge in [-0.05, 0) is 57.6 Å². The summed E-state index contributed by atoms with van der Waals surface area (Å²) in [5, 5.41) is 0. The van der Waals surface area contributed by atoms with E-state index in [1.807, 2.05) is 32.2 Å². The summed E-state index contributed by atoms with van der Waals surface area (Å²) in [5.41, 5.74) is 4.55. The number of rotatable bonds is 6. The molecule has 1 fully saturated rings. The number of nitrogens with zero attached hydrogens (tertiary/aromatic N) is 1. The Bertz CT molecular complexity index is 390. The maximum atomic E-state index is 4.43. The second-order valence-electron chi connectivity index (χ2n) is 4.81. The van der Waals surface area contributed by atoms with Crippen LogP contribution in [-0.4, -0.2) is 6.21 Å². The lowest BCUT2D eigenvalue weighted by atomic mass is 10.0. The molecule has 0 bridgehead atoms. The van der Waals surface area contributed by atoms with E-state index in [9.17, 15) is 0 Å². The summed E-state index contributed by atoms with van der Waals surface area (Å²) in [6.45, 7) is 13.9. The molecule has 1 rings (SSSR count). The highest BCUT2D eigenvalue weighted by Crippen LogP contribution is 2.36. The van der Waals surface area contributed by atoms with Crippen LogP contribution >= 0.6 is 0 Å². The zero-order valence-corrected chi connectivity index (χ0v) is 11.3. The smallest absolute Gasteiger partial charge is 0.0699 e. The van der Waals surface area contributed by atoms with Crippen LogP contribution in [0.3, 0.4) is 0 Å². The van der Waals surface area contributed by atoms with Crippen LogP contribution < -0.4 is 0 Å². The lowest BCUT2D eigenvalue weighted by Gasteiger charge is -2.09. The van der Waals surface area contributed by atoms with Crippen molar-refractivity contribution in [2.75, 3.05) is 0 Å². The minimum atomic E-state index is 0.890. The van der Waals surface area contributed by atoms with Crippen LogP contribution in [0.5, 0.6) is 0 Å². The van der Waals surface area contributed by atoms with E-state index in [1.165, 1.54) is 24.8 Å². The molecule has 0 heterocycles. The summed E-state index contributed by atoms with van der Waals surface area (Å²) in [7, 11) is 0. The molecule has 92 valence electrons. The van der Waals surface area contributed by atoms with Gasteiger partial charge in [0.2, 0.25) is 0 Å². The molecule has 1 aliphatic rings. The second-order valence-corrected chi connectivity index (χ2v) is 4.81. The van der Waals surface area contributed by atoms with Gasteiger partial charge in [0.25, 0.3) is 0 Å². The Morgan fingerprint density at radius 1 is 1.35 bits per heavy atom. The molecule has 0 amide bonds. The van der Waals surface area contributed by atoms with Crippen molar-refractivity contribution >= 4 is 6.21 Å². The van der Waals surface area contributed by atoms with Crippen molar-refractivity contribution in [3.63, 3.8) is 0 Å². The minimum absolute atomic E-state index is 0.890. The average Bonchev–Trinajstić information content (AvgIpc) is 3.02. The normalized spacial score (nSPS) is 18.2. The predicted molar refractivity (Wildman–Crippen MR) is 77.3 cm³/mol. The molecule has 0 spiro atoms. The molecular formula is C16H23N. The first kappa shape index (κ1) is 13.7. The molecule has 0 aromatic rings. The summed E-state index contributed by atoms with van der Waals surface area (Å²) in [6, 6.07) is 0. The van der Waals surface area contributed by atoms with Gasteiger partial charge in [-0.1, -0.05) is 30.4 Å². The van der Waals surface area contributed by atoms with Gasteiger partial charge in [0, 0.05) is 6.21 Å². The molecule has 1 heteroatoms. The number of aliphatic imine (C=N–C) groups is 1. The highest BCUT2D eigenvalue weighted by Gasteiger charge is 2.22. The van der Waals surface area contributed by atoms with E-state index in [0.717, 1.165) is 22.8 Å². The van der Waals surface area contributed by atoms with Gasteiger partial charge < -0.3 is 0 Å². The summed E-state index contributed by atoms with van der Waals surface area (Å²) >= 11 is 0. The summed E-state index contributed by atoms with van der Waals surface area (Å²) in [5.74, 6) is 0.890. The van der Waals surface area contributed by atoms with Crippen LogP contribution in [0, 0.1) is 5.92 Å². The first-order valence-electron chi connectivity index (χ1n) is 6.27. The lowest BCUT2D eigenvalue weighted by Crippen LogP contribution is -1.92. The van der Waals surface area contributed by atoms with Gasteiger partial charge in [0.05, 0.1) is 5.70 Å². The first-order valence-corrected chi connectivity index (χ1v) is 6.27. The van der Waals surface area contributed by atoms with Crippen molar-refractivity contribution < 1.29 is 0 Å². The van der Waals surface area contributed by atoms with Crippen LogP contribution in [0.4, 0.5) is 0 Å². The van der Waals surface area contributed by atoms with Crippen LogP contribution in [-0.2, 0) is 0 Å². The van der Waals surface area contributed by atoms with Crippen molar-refractivity contribution in [2.24, 2.45) is 10.9 Å². The number of hydrogen-bond acceptors (Lipinski definition) is 1. The van der Waals surface area contributed by atoms with Gasteiger partial charge in [-0.25, -0.2) is 0 Å². The summed E-state index contributed by atoms with van der Waals surface area (Å²) in [4.78, 5) is 4.43. The molecule has 0 atom stereocenters. The van der Waals surface area contributed by atoms with Crippen molar-refractivity contribution in [2.45, 2.75) is 40.0 Å². The molecule has 0 aliphatic heterocycles. The SMILES string of the molecule is C=CC(=C(C)CC1CC1)C(=C/C(=C)C)/N=C\C. The predicted octanol–water partition coefficient (Wildman–Crippen LogP) is 4.84. The Labute approximate surface area is 105 Å². The molecule has 0 unspecified atom stereocenters. The van der Waals surface area contributed by atoms with E-state index < -0.39 is 0 Å². The van der Waals surface area contributed by atoms with Crippen molar-refractivity contribution in [1.29, 1.82) is 0 Å². The highest BCUT2D eigenvalue weighted by atomic mass is 14.7. The first-order chi connectivity index (χ1) is 8.08. The van der Waals surface area contributed by atoms with Gasteiger partial charge in [-0.2, -0.15) is 0 Å². The molecule has 1 saturated carbocycles. The largest absolute Gasteiger partial charge is 0.261 e. The molecule has 1 aliphatic carbocycles. The highest BCUT2D eigenvalue weighted by molar-refractivity contribution is 5.59. The topological polar surface area (TPSA) is 12.4 Å². The van der Waals surface area contributed by atoms with Crippen molar-refractivity contribution in [3.05, 3.63) is 47.7 Å². The Morgan fingerprint density at radius 2 is 2.00 bits per heavy atom. The zero-order chi connectivity index (χ0) is 12.8. The second kappa shape index (κ2) is 6.39. The van der Waals surface area contributed by atoms with E-state index in [2.05, 4.69) is 25.1 Å². The molecule has 0 aromatic heterocycles. The summed E-state index contributed by atoms with van der Waals surface area (Å²) < 4.78 is 0. The van der Waals surface area contributed by atoms with Crippen LogP contribution in [0.1, 0.15) is 40.0 Å². The molecule has 0 aromatic carbocycles. The monoisotopic (exact) mass is 229 g/mol. The third-order valence-electron chi connectivity index (χ3n) is 2.88. The third kappa shape index (κ3) is 4.56. The minimum Gasteiger partial charge on any atom is -0.261 e. The standard InChI is InChI=1S/C16H23N/c1-6-15(13(5)11-14-8-9-14)16(17-7-2)10-12(3)4/h6-7,10,14H,1,3,8-9,11H2,2,4-5H3/b15-13?,16-10-,17-7-. The van der Waals surface area contributed by atoms with Crippen LogP contribution in [0.15, 0.2) is 52.7 Å². The Balaban J connectivity index is 3.01. The Kier molecular flexibility index (Phi) is 5.14. The molecule has 0 N–H and O–H groups in total. The van der Waals surface area contributed by atoms with Gasteiger partial charge in [-0.3, -0.25) is 4.99 Å². The molecule has 1 nitrogen and oxygen atoms in total. The molecular weight excluding hydrogens is 206 g/mol.